The average molecular weight is 543 g/mol. The third-order valence-corrected chi connectivity index (χ3v) is 7.76. The van der Waals surface area contributed by atoms with Gasteiger partial charge >= 0.3 is 0 Å². The molecule has 1 aromatic heterocycles. The number of benzene rings is 1. The van der Waals surface area contributed by atoms with E-state index in [1.165, 1.54) is 6.92 Å². The minimum atomic E-state index is -0.697. The molecule has 1 aliphatic heterocycles. The molecule has 2 N–H and O–H groups in total. The third kappa shape index (κ3) is 7.56. The van der Waals surface area contributed by atoms with Gasteiger partial charge in [0, 0.05) is 25.6 Å². The molecule has 2 unspecified atom stereocenters. The molecule has 1 fully saturated rings. The van der Waals surface area contributed by atoms with Crippen molar-refractivity contribution in [2.75, 3.05) is 13.2 Å². The lowest BCUT2D eigenvalue weighted by Crippen LogP contribution is -2.57. The van der Waals surface area contributed by atoms with Crippen LogP contribution in [0.4, 0.5) is 0 Å². The van der Waals surface area contributed by atoms with Crippen LogP contribution in [0.3, 0.4) is 0 Å². The Hall–Kier alpha value is -2.94. The van der Waals surface area contributed by atoms with Crippen LogP contribution in [-0.2, 0) is 20.9 Å². The molecule has 0 aliphatic carbocycles. The lowest BCUT2D eigenvalue weighted by Gasteiger charge is -2.35. The van der Waals surface area contributed by atoms with Crippen molar-refractivity contribution in [3.8, 4) is 16.2 Å². The van der Waals surface area contributed by atoms with Crippen LogP contribution in [0.5, 0.6) is 5.75 Å². The summed E-state index contributed by atoms with van der Waals surface area (Å²) in [5.41, 5.74) is 4.26. The Morgan fingerprint density at radius 1 is 1.24 bits per heavy atom. The normalized spacial score (nSPS) is 16.4. The molecule has 0 bridgehead atoms. The summed E-state index contributed by atoms with van der Waals surface area (Å²) >= 11 is 1.59. The van der Waals surface area contributed by atoms with Crippen molar-refractivity contribution in [1.82, 2.24) is 20.5 Å². The van der Waals surface area contributed by atoms with Crippen LogP contribution in [0.25, 0.3) is 10.4 Å². The predicted molar refractivity (Wildman–Crippen MR) is 151 cm³/mol. The topological polar surface area (TPSA) is 101 Å². The van der Waals surface area contributed by atoms with Crippen molar-refractivity contribution in [2.45, 2.75) is 86.4 Å². The molecule has 0 radical (unpaired) electrons. The molecule has 2 heterocycles. The lowest BCUT2D eigenvalue weighted by atomic mass is 9.85. The van der Waals surface area contributed by atoms with Crippen LogP contribution in [0.15, 0.2) is 23.7 Å². The summed E-state index contributed by atoms with van der Waals surface area (Å²) in [5, 5.41) is 5.83. The quantitative estimate of drug-likeness (QED) is 0.453. The minimum absolute atomic E-state index is 0.193. The second kappa shape index (κ2) is 12.7. The SMILES string of the molecule is CC(=O)NC(C(=O)N1CCCC1C(=O)NCc1ccc(-c2scnc2C)cc1OCCC(C)C)C(C)(C)C. The van der Waals surface area contributed by atoms with Crippen LogP contribution in [0.2, 0.25) is 0 Å². The first kappa shape index (κ1) is 29.6. The van der Waals surface area contributed by atoms with Gasteiger partial charge in [-0.2, -0.15) is 0 Å². The van der Waals surface area contributed by atoms with Crippen LogP contribution in [-0.4, -0.2) is 52.8 Å². The molecule has 38 heavy (non-hydrogen) atoms. The van der Waals surface area contributed by atoms with Gasteiger partial charge in [-0.3, -0.25) is 14.4 Å². The van der Waals surface area contributed by atoms with Gasteiger partial charge in [0.1, 0.15) is 17.8 Å². The number of aryl methyl sites for hydroxylation is 1. The van der Waals surface area contributed by atoms with E-state index in [1.807, 2.05) is 51.4 Å². The number of amides is 3. The first-order chi connectivity index (χ1) is 17.9. The second-order valence-corrected chi connectivity index (χ2v) is 12.4. The van der Waals surface area contributed by atoms with Gasteiger partial charge in [-0.25, -0.2) is 4.98 Å². The number of carbonyl (C=O) groups excluding carboxylic acids is 3. The summed E-state index contributed by atoms with van der Waals surface area (Å²) in [5.74, 6) is 0.592. The van der Waals surface area contributed by atoms with E-state index >= 15 is 0 Å². The van der Waals surface area contributed by atoms with Crippen molar-refractivity contribution < 1.29 is 19.1 Å². The van der Waals surface area contributed by atoms with E-state index in [2.05, 4.69) is 29.5 Å². The van der Waals surface area contributed by atoms with Gasteiger partial charge in [-0.05, 0) is 49.1 Å². The van der Waals surface area contributed by atoms with Gasteiger partial charge in [0.2, 0.25) is 17.7 Å². The summed E-state index contributed by atoms with van der Waals surface area (Å²) in [4.78, 5) is 45.6. The molecule has 8 nitrogen and oxygen atoms in total. The highest BCUT2D eigenvalue weighted by atomic mass is 32.1. The van der Waals surface area contributed by atoms with Gasteiger partial charge in [0.25, 0.3) is 0 Å². The fourth-order valence-electron chi connectivity index (χ4n) is 4.58. The van der Waals surface area contributed by atoms with Crippen molar-refractivity contribution in [1.29, 1.82) is 0 Å². The zero-order valence-electron chi connectivity index (χ0n) is 23.7. The fraction of sp³-hybridized carbons (Fsp3) is 0.586. The Morgan fingerprint density at radius 3 is 2.58 bits per heavy atom. The minimum Gasteiger partial charge on any atom is -0.493 e. The maximum Gasteiger partial charge on any atom is 0.246 e. The van der Waals surface area contributed by atoms with Crippen LogP contribution < -0.4 is 15.4 Å². The number of rotatable bonds is 10. The Balaban J connectivity index is 1.75. The number of carbonyl (C=O) groups is 3. The Labute approximate surface area is 230 Å². The molecule has 2 atom stereocenters. The Morgan fingerprint density at radius 2 is 1.97 bits per heavy atom. The lowest BCUT2D eigenvalue weighted by molar-refractivity contribution is -0.143. The maximum atomic E-state index is 13.4. The second-order valence-electron chi connectivity index (χ2n) is 11.5. The average Bonchev–Trinajstić information content (AvgIpc) is 3.49. The number of hydrogen-bond donors (Lipinski definition) is 2. The number of thiazole rings is 1. The zero-order valence-corrected chi connectivity index (χ0v) is 24.5. The molecule has 2 aromatic rings. The summed E-state index contributed by atoms with van der Waals surface area (Å²) in [6.45, 7) is 14.8. The molecule has 0 spiro atoms. The number of likely N-dealkylation sites (tertiary alicyclic amines) is 1. The van der Waals surface area contributed by atoms with Crippen molar-refractivity contribution in [2.24, 2.45) is 11.3 Å². The van der Waals surface area contributed by atoms with E-state index in [0.717, 1.165) is 40.3 Å². The van der Waals surface area contributed by atoms with Gasteiger partial charge in [-0.15, -0.1) is 11.3 Å². The molecular weight excluding hydrogens is 500 g/mol. The highest BCUT2D eigenvalue weighted by Gasteiger charge is 2.41. The molecular formula is C29H42N4O4S. The van der Waals surface area contributed by atoms with E-state index in [4.69, 9.17) is 4.74 Å². The third-order valence-electron chi connectivity index (χ3n) is 6.78. The summed E-state index contributed by atoms with van der Waals surface area (Å²) in [7, 11) is 0. The molecule has 1 saturated heterocycles. The zero-order chi connectivity index (χ0) is 28.0. The van der Waals surface area contributed by atoms with Crippen molar-refractivity contribution in [3.63, 3.8) is 0 Å². The highest BCUT2D eigenvalue weighted by molar-refractivity contribution is 7.13. The van der Waals surface area contributed by atoms with Gasteiger partial charge < -0.3 is 20.3 Å². The molecule has 0 saturated carbocycles. The van der Waals surface area contributed by atoms with E-state index in [9.17, 15) is 14.4 Å². The van der Waals surface area contributed by atoms with Gasteiger partial charge in [-0.1, -0.05) is 46.8 Å². The van der Waals surface area contributed by atoms with Gasteiger partial charge in [0.15, 0.2) is 0 Å². The van der Waals surface area contributed by atoms with E-state index in [0.29, 0.717) is 32.0 Å². The van der Waals surface area contributed by atoms with Gasteiger partial charge in [0.05, 0.1) is 22.7 Å². The first-order valence-corrected chi connectivity index (χ1v) is 14.3. The molecule has 208 valence electrons. The molecule has 1 aromatic carbocycles. The maximum absolute atomic E-state index is 13.4. The van der Waals surface area contributed by atoms with Crippen LogP contribution >= 0.6 is 11.3 Å². The Bertz CT molecular complexity index is 1140. The first-order valence-electron chi connectivity index (χ1n) is 13.4. The van der Waals surface area contributed by atoms with Crippen LogP contribution in [0.1, 0.15) is 72.1 Å². The number of hydrogen-bond acceptors (Lipinski definition) is 6. The van der Waals surface area contributed by atoms with E-state index in [1.54, 1.807) is 16.2 Å². The summed E-state index contributed by atoms with van der Waals surface area (Å²) in [6, 6.07) is 4.78. The smallest absolute Gasteiger partial charge is 0.246 e. The summed E-state index contributed by atoms with van der Waals surface area (Å²) < 4.78 is 6.18. The number of nitrogens with one attached hydrogen (secondary N) is 2. The van der Waals surface area contributed by atoms with Crippen molar-refractivity contribution in [3.05, 3.63) is 35.0 Å². The number of ether oxygens (including phenoxy) is 1. The van der Waals surface area contributed by atoms with Crippen molar-refractivity contribution >= 4 is 29.1 Å². The molecule has 3 rings (SSSR count). The molecule has 1 aliphatic rings. The van der Waals surface area contributed by atoms with E-state index < -0.39 is 17.5 Å². The molecule has 9 heteroatoms. The highest BCUT2D eigenvalue weighted by Crippen LogP contribution is 2.32. The number of aromatic nitrogens is 1. The fourth-order valence-corrected chi connectivity index (χ4v) is 5.38. The standard InChI is InChI=1S/C29H42N4O4S/c1-18(2)12-14-37-24-15-21(25-19(3)31-17-38-25)10-11-22(24)16-30-27(35)23-9-8-13-33(23)28(36)26(29(5,6)7)32-20(4)34/h10-11,15,17-18,23,26H,8-9,12-14,16H2,1-7H3,(H,30,35)(H,32,34). The van der Waals surface area contributed by atoms with Crippen LogP contribution in [0, 0.1) is 18.3 Å². The predicted octanol–water partition coefficient (Wildman–Crippen LogP) is 4.70. The molecule has 3 amide bonds. The number of nitrogens with zero attached hydrogens (tertiary/aromatic N) is 2. The Kier molecular flexibility index (Phi) is 9.93. The monoisotopic (exact) mass is 542 g/mol. The summed E-state index contributed by atoms with van der Waals surface area (Å²) in [6.07, 6.45) is 2.26. The van der Waals surface area contributed by atoms with E-state index in [-0.39, 0.29) is 17.7 Å². The largest absolute Gasteiger partial charge is 0.493 e.